The summed E-state index contributed by atoms with van der Waals surface area (Å²) in [6, 6.07) is 0. The predicted octanol–water partition coefficient (Wildman–Crippen LogP) is 1.50. The molecule has 0 fully saturated rings. The second-order valence-electron chi connectivity index (χ2n) is 3.72. The number of ether oxygens (including phenoxy) is 2. The summed E-state index contributed by atoms with van der Waals surface area (Å²) >= 11 is 5.62. The molecular formula is C11H20ClN3O2. The van der Waals surface area contributed by atoms with E-state index in [1.54, 1.807) is 11.8 Å². The third-order valence-corrected chi connectivity index (χ3v) is 2.52. The molecule has 0 aliphatic rings. The molecule has 0 N–H and O–H groups in total. The van der Waals surface area contributed by atoms with Crippen molar-refractivity contribution in [1.29, 1.82) is 0 Å². The zero-order valence-corrected chi connectivity index (χ0v) is 11.0. The second kappa shape index (κ2) is 9.39. The fraction of sp³-hybridized carbons (Fsp3) is 0.818. The van der Waals surface area contributed by atoms with Gasteiger partial charge in [0, 0.05) is 32.4 Å². The van der Waals surface area contributed by atoms with Crippen LogP contribution in [0.15, 0.2) is 6.20 Å². The molecule has 1 heterocycles. The van der Waals surface area contributed by atoms with Crippen molar-refractivity contribution in [3.63, 3.8) is 0 Å². The number of rotatable bonds is 10. The van der Waals surface area contributed by atoms with Crippen LogP contribution in [0, 0.1) is 0 Å². The highest BCUT2D eigenvalue weighted by Crippen LogP contribution is 1.99. The van der Waals surface area contributed by atoms with Crippen LogP contribution < -0.4 is 0 Å². The van der Waals surface area contributed by atoms with E-state index in [1.165, 1.54) is 0 Å². The topological polar surface area (TPSA) is 49.2 Å². The molecule has 0 aliphatic carbocycles. The van der Waals surface area contributed by atoms with Gasteiger partial charge in [0.15, 0.2) is 0 Å². The maximum absolute atomic E-state index is 5.62. The van der Waals surface area contributed by atoms with E-state index in [9.17, 15) is 0 Å². The number of alkyl halides is 1. The van der Waals surface area contributed by atoms with E-state index >= 15 is 0 Å². The second-order valence-corrected chi connectivity index (χ2v) is 4.10. The van der Waals surface area contributed by atoms with Gasteiger partial charge in [-0.05, 0) is 19.3 Å². The lowest BCUT2D eigenvalue weighted by Crippen LogP contribution is -2.08. The molecule has 0 bridgehead atoms. The van der Waals surface area contributed by atoms with Crippen molar-refractivity contribution >= 4 is 11.6 Å². The lowest BCUT2D eigenvalue weighted by molar-refractivity contribution is 0.0958. The number of methoxy groups -OCH3 is 1. The van der Waals surface area contributed by atoms with Gasteiger partial charge in [0.05, 0.1) is 18.8 Å². The summed E-state index contributed by atoms with van der Waals surface area (Å²) in [4.78, 5) is 0. The maximum atomic E-state index is 5.62. The van der Waals surface area contributed by atoms with E-state index in [2.05, 4.69) is 10.3 Å². The van der Waals surface area contributed by atoms with Crippen LogP contribution in [-0.2, 0) is 22.4 Å². The van der Waals surface area contributed by atoms with Gasteiger partial charge in [-0.1, -0.05) is 5.21 Å². The number of aryl methyl sites for hydroxylation is 1. The largest absolute Gasteiger partial charge is 0.385 e. The van der Waals surface area contributed by atoms with Crippen molar-refractivity contribution < 1.29 is 9.47 Å². The highest BCUT2D eigenvalue weighted by Gasteiger charge is 2.00. The summed E-state index contributed by atoms with van der Waals surface area (Å²) in [5.41, 5.74) is 0.991. The molecule has 0 atom stereocenters. The molecule has 0 radical (unpaired) electrons. The molecule has 0 amide bonds. The summed E-state index contributed by atoms with van der Waals surface area (Å²) in [7, 11) is 1.69. The molecule has 0 saturated heterocycles. The molecule has 17 heavy (non-hydrogen) atoms. The number of hydrogen-bond donors (Lipinski definition) is 0. The van der Waals surface area contributed by atoms with Gasteiger partial charge in [-0.15, -0.1) is 16.7 Å². The van der Waals surface area contributed by atoms with E-state index in [4.69, 9.17) is 21.1 Å². The smallest absolute Gasteiger partial charge is 0.0827 e. The summed E-state index contributed by atoms with van der Waals surface area (Å²) in [5, 5.41) is 8.08. The molecule has 98 valence electrons. The van der Waals surface area contributed by atoms with Crippen molar-refractivity contribution in [2.24, 2.45) is 0 Å². The van der Waals surface area contributed by atoms with E-state index in [1.807, 2.05) is 6.20 Å². The van der Waals surface area contributed by atoms with Crippen molar-refractivity contribution in [3.8, 4) is 0 Å². The normalized spacial score (nSPS) is 10.9. The van der Waals surface area contributed by atoms with Crippen LogP contribution in [-0.4, -0.2) is 47.8 Å². The molecule has 6 heteroatoms. The Balaban J connectivity index is 2.08. The molecule has 0 aromatic carbocycles. The standard InChI is InChI=1S/C11H20ClN3O2/c1-16-7-3-8-17-9-6-15-10-11(13-14-15)4-2-5-12/h10H,2-9H2,1H3. The lowest BCUT2D eigenvalue weighted by Gasteiger charge is -2.03. The van der Waals surface area contributed by atoms with Crippen LogP contribution in [0.2, 0.25) is 0 Å². The molecule has 0 aliphatic heterocycles. The highest BCUT2D eigenvalue weighted by atomic mass is 35.5. The number of aromatic nitrogens is 3. The monoisotopic (exact) mass is 261 g/mol. The summed E-state index contributed by atoms with van der Waals surface area (Å²) in [6.07, 6.45) is 4.70. The first-order chi connectivity index (χ1) is 8.36. The van der Waals surface area contributed by atoms with Crippen LogP contribution in [0.4, 0.5) is 0 Å². The number of hydrogen-bond acceptors (Lipinski definition) is 4. The Morgan fingerprint density at radius 2 is 2.18 bits per heavy atom. The van der Waals surface area contributed by atoms with Crippen LogP contribution in [0.3, 0.4) is 0 Å². The third-order valence-electron chi connectivity index (χ3n) is 2.25. The average Bonchev–Trinajstić information content (AvgIpc) is 2.79. The van der Waals surface area contributed by atoms with Crippen molar-refractivity contribution in [2.75, 3.05) is 32.8 Å². The van der Waals surface area contributed by atoms with Crippen molar-refractivity contribution in [1.82, 2.24) is 15.0 Å². The Labute approximate surface area is 107 Å². The van der Waals surface area contributed by atoms with E-state index < -0.39 is 0 Å². The van der Waals surface area contributed by atoms with Crippen molar-refractivity contribution in [2.45, 2.75) is 25.8 Å². The summed E-state index contributed by atoms with van der Waals surface area (Å²) < 4.78 is 12.2. The third kappa shape index (κ3) is 6.61. The van der Waals surface area contributed by atoms with Gasteiger partial charge in [0.25, 0.3) is 0 Å². The minimum Gasteiger partial charge on any atom is -0.385 e. The average molecular weight is 262 g/mol. The Bertz CT molecular complexity index is 294. The molecular weight excluding hydrogens is 242 g/mol. The van der Waals surface area contributed by atoms with Crippen LogP contribution in [0.25, 0.3) is 0 Å². The minimum absolute atomic E-state index is 0.655. The van der Waals surface area contributed by atoms with E-state index in [0.29, 0.717) is 12.5 Å². The number of nitrogens with zero attached hydrogens (tertiary/aromatic N) is 3. The minimum atomic E-state index is 0.655. The predicted molar refractivity (Wildman–Crippen MR) is 66.4 cm³/mol. The van der Waals surface area contributed by atoms with E-state index in [-0.39, 0.29) is 0 Å². The maximum Gasteiger partial charge on any atom is 0.0827 e. The van der Waals surface area contributed by atoms with Gasteiger partial charge in [-0.25, -0.2) is 4.68 Å². The van der Waals surface area contributed by atoms with Gasteiger partial charge in [-0.2, -0.15) is 0 Å². The molecule has 0 saturated carbocycles. The van der Waals surface area contributed by atoms with Crippen LogP contribution in [0.1, 0.15) is 18.5 Å². The molecule has 0 spiro atoms. The molecule has 0 unspecified atom stereocenters. The van der Waals surface area contributed by atoms with Crippen LogP contribution >= 0.6 is 11.6 Å². The molecule has 1 aromatic heterocycles. The molecule has 1 aromatic rings. The summed E-state index contributed by atoms with van der Waals surface area (Å²) in [6.45, 7) is 2.86. The first-order valence-electron chi connectivity index (χ1n) is 5.88. The summed E-state index contributed by atoms with van der Waals surface area (Å²) in [5.74, 6) is 0.662. The molecule has 1 rings (SSSR count). The SMILES string of the molecule is COCCCOCCn1cc(CCCCl)nn1. The van der Waals surface area contributed by atoms with Crippen molar-refractivity contribution in [3.05, 3.63) is 11.9 Å². The van der Waals surface area contributed by atoms with Gasteiger partial charge in [-0.3, -0.25) is 0 Å². The van der Waals surface area contributed by atoms with Gasteiger partial charge >= 0.3 is 0 Å². The zero-order chi connectivity index (χ0) is 12.3. The fourth-order valence-corrected chi connectivity index (χ4v) is 1.51. The Kier molecular flexibility index (Phi) is 7.96. The van der Waals surface area contributed by atoms with Gasteiger partial charge < -0.3 is 9.47 Å². The zero-order valence-electron chi connectivity index (χ0n) is 10.3. The Hall–Kier alpha value is -0.650. The van der Waals surface area contributed by atoms with Gasteiger partial charge in [0.2, 0.25) is 0 Å². The number of halogens is 1. The Morgan fingerprint density at radius 1 is 1.29 bits per heavy atom. The lowest BCUT2D eigenvalue weighted by atomic mass is 10.3. The highest BCUT2D eigenvalue weighted by molar-refractivity contribution is 6.17. The first kappa shape index (κ1) is 14.4. The molecule has 5 nitrogen and oxygen atoms in total. The quantitative estimate of drug-likeness (QED) is 0.473. The fourth-order valence-electron chi connectivity index (χ4n) is 1.38. The Morgan fingerprint density at radius 3 is 2.94 bits per heavy atom. The first-order valence-corrected chi connectivity index (χ1v) is 6.42. The van der Waals surface area contributed by atoms with Crippen LogP contribution in [0.5, 0.6) is 0 Å². The van der Waals surface area contributed by atoms with Gasteiger partial charge in [0.1, 0.15) is 0 Å². The van der Waals surface area contributed by atoms with E-state index in [0.717, 1.165) is 44.7 Å².